The summed E-state index contributed by atoms with van der Waals surface area (Å²) in [6, 6.07) is 18.2. The van der Waals surface area contributed by atoms with E-state index >= 15 is 0 Å². The average molecular weight is 195 g/mol. The molecule has 1 radical (unpaired) electrons. The molecule has 0 spiro atoms. The Morgan fingerprint density at radius 1 is 1.07 bits per heavy atom. The zero-order chi connectivity index (χ0) is 10.7. The van der Waals surface area contributed by atoms with E-state index in [1.807, 2.05) is 12.1 Å². The van der Waals surface area contributed by atoms with E-state index in [0.717, 1.165) is 6.42 Å². The van der Waals surface area contributed by atoms with Gasteiger partial charge in [0.15, 0.2) is 0 Å². The first kappa shape index (κ1) is 9.97. The Kier molecular flexibility index (Phi) is 2.86. The smallest absolute Gasteiger partial charge is 0.0143 e. The van der Waals surface area contributed by atoms with Gasteiger partial charge in [-0.1, -0.05) is 55.0 Å². The summed E-state index contributed by atoms with van der Waals surface area (Å²) in [7, 11) is 0. The standard InChI is InChI=1S/C15H15/c1-3-13-6-4-5-7-15(13)14-10-8-12(2)9-11-14/h4-5,7-11H,3H2,1-2H3. The monoisotopic (exact) mass is 195 g/mol. The molecule has 0 N–H and O–H groups in total. The third-order valence-electron chi connectivity index (χ3n) is 2.66. The molecule has 0 aliphatic rings. The molecule has 0 aliphatic carbocycles. The lowest BCUT2D eigenvalue weighted by atomic mass is 9.97. The topological polar surface area (TPSA) is 0 Å². The predicted octanol–water partition coefficient (Wildman–Crippen LogP) is 4.02. The van der Waals surface area contributed by atoms with Crippen LogP contribution >= 0.6 is 0 Å². The fourth-order valence-electron chi connectivity index (χ4n) is 1.77. The lowest BCUT2D eigenvalue weighted by Crippen LogP contribution is -1.87. The molecule has 0 fully saturated rings. The zero-order valence-electron chi connectivity index (χ0n) is 9.25. The highest BCUT2D eigenvalue weighted by molar-refractivity contribution is 5.67. The maximum Gasteiger partial charge on any atom is -0.0143 e. The molecule has 0 nitrogen and oxygen atoms in total. The Morgan fingerprint density at radius 2 is 1.80 bits per heavy atom. The number of hydrogen-bond acceptors (Lipinski definition) is 0. The first-order chi connectivity index (χ1) is 7.31. The van der Waals surface area contributed by atoms with Crippen LogP contribution in [0.3, 0.4) is 0 Å². The summed E-state index contributed by atoms with van der Waals surface area (Å²) in [4.78, 5) is 0. The second-order valence-electron chi connectivity index (χ2n) is 3.78. The Morgan fingerprint density at radius 3 is 2.47 bits per heavy atom. The second-order valence-corrected chi connectivity index (χ2v) is 3.78. The second kappa shape index (κ2) is 4.31. The first-order valence-corrected chi connectivity index (χ1v) is 5.38. The van der Waals surface area contributed by atoms with E-state index in [-0.39, 0.29) is 0 Å². The third-order valence-corrected chi connectivity index (χ3v) is 2.66. The maximum absolute atomic E-state index is 3.30. The molecule has 2 aromatic carbocycles. The Hall–Kier alpha value is -1.56. The maximum atomic E-state index is 3.30. The highest BCUT2D eigenvalue weighted by Crippen LogP contribution is 2.23. The van der Waals surface area contributed by atoms with E-state index in [2.05, 4.69) is 50.2 Å². The van der Waals surface area contributed by atoms with Gasteiger partial charge in [0.1, 0.15) is 0 Å². The van der Waals surface area contributed by atoms with Crippen LogP contribution in [0.1, 0.15) is 18.1 Å². The highest BCUT2D eigenvalue weighted by Gasteiger charge is 2.01. The summed E-state index contributed by atoms with van der Waals surface area (Å²) in [6.45, 7) is 4.28. The number of aryl methyl sites for hydroxylation is 2. The molecule has 0 saturated heterocycles. The van der Waals surface area contributed by atoms with Crippen molar-refractivity contribution in [3.63, 3.8) is 0 Å². The highest BCUT2D eigenvalue weighted by atomic mass is 14.1. The van der Waals surface area contributed by atoms with E-state index in [4.69, 9.17) is 0 Å². The third kappa shape index (κ3) is 2.10. The van der Waals surface area contributed by atoms with Gasteiger partial charge in [-0.15, -0.1) is 0 Å². The molecule has 15 heavy (non-hydrogen) atoms. The van der Waals surface area contributed by atoms with Gasteiger partial charge in [0, 0.05) is 0 Å². The SMILES string of the molecule is CCc1[c]cccc1-c1ccc(C)cc1. The van der Waals surface area contributed by atoms with Crippen LogP contribution in [0, 0.1) is 13.0 Å². The molecular formula is C15H15. The van der Waals surface area contributed by atoms with Crippen molar-refractivity contribution in [1.82, 2.24) is 0 Å². The molecule has 0 saturated carbocycles. The van der Waals surface area contributed by atoms with Crippen molar-refractivity contribution in [1.29, 1.82) is 0 Å². The van der Waals surface area contributed by atoms with E-state index < -0.39 is 0 Å². The molecule has 0 aromatic heterocycles. The minimum atomic E-state index is 1.03. The van der Waals surface area contributed by atoms with Gasteiger partial charge in [0.05, 0.1) is 0 Å². The van der Waals surface area contributed by atoms with Crippen molar-refractivity contribution < 1.29 is 0 Å². The van der Waals surface area contributed by atoms with Crippen LogP contribution in [-0.2, 0) is 6.42 Å². The van der Waals surface area contributed by atoms with Crippen molar-refractivity contribution in [2.75, 3.05) is 0 Å². The van der Waals surface area contributed by atoms with E-state index in [9.17, 15) is 0 Å². The number of hydrogen-bond donors (Lipinski definition) is 0. The Balaban J connectivity index is 2.49. The molecule has 2 rings (SSSR count). The van der Waals surface area contributed by atoms with Gasteiger partial charge in [0.25, 0.3) is 0 Å². The van der Waals surface area contributed by atoms with Crippen molar-refractivity contribution >= 4 is 0 Å². The summed E-state index contributed by atoms with van der Waals surface area (Å²) in [6.07, 6.45) is 1.03. The van der Waals surface area contributed by atoms with Crippen LogP contribution in [-0.4, -0.2) is 0 Å². The fourth-order valence-corrected chi connectivity index (χ4v) is 1.77. The molecule has 75 valence electrons. The van der Waals surface area contributed by atoms with Gasteiger partial charge < -0.3 is 0 Å². The van der Waals surface area contributed by atoms with Crippen LogP contribution < -0.4 is 0 Å². The van der Waals surface area contributed by atoms with E-state index in [0.29, 0.717) is 0 Å². The van der Waals surface area contributed by atoms with Crippen molar-refractivity contribution in [3.05, 3.63) is 59.7 Å². The number of benzene rings is 2. The fraction of sp³-hybridized carbons (Fsp3) is 0.200. The van der Waals surface area contributed by atoms with Gasteiger partial charge in [0.2, 0.25) is 0 Å². The summed E-state index contributed by atoms with van der Waals surface area (Å²) >= 11 is 0. The minimum Gasteiger partial charge on any atom is -0.0612 e. The van der Waals surface area contributed by atoms with Crippen LogP contribution in [0.25, 0.3) is 11.1 Å². The van der Waals surface area contributed by atoms with Gasteiger partial charge in [-0.05, 0) is 36.1 Å². The molecule has 0 atom stereocenters. The average Bonchev–Trinajstić information content (AvgIpc) is 2.30. The zero-order valence-corrected chi connectivity index (χ0v) is 9.25. The van der Waals surface area contributed by atoms with E-state index in [1.165, 1.54) is 22.3 Å². The molecule has 0 unspecified atom stereocenters. The first-order valence-electron chi connectivity index (χ1n) is 5.38. The van der Waals surface area contributed by atoms with E-state index in [1.54, 1.807) is 0 Å². The van der Waals surface area contributed by atoms with Crippen LogP contribution in [0.2, 0.25) is 0 Å². The summed E-state index contributed by atoms with van der Waals surface area (Å²) in [5, 5.41) is 0. The van der Waals surface area contributed by atoms with Crippen LogP contribution in [0.4, 0.5) is 0 Å². The molecule has 0 amide bonds. The van der Waals surface area contributed by atoms with Crippen molar-refractivity contribution in [2.24, 2.45) is 0 Å². The largest absolute Gasteiger partial charge is 0.0612 e. The summed E-state index contributed by atoms with van der Waals surface area (Å²) in [5.74, 6) is 0. The predicted molar refractivity (Wildman–Crippen MR) is 64.8 cm³/mol. The van der Waals surface area contributed by atoms with Crippen molar-refractivity contribution in [2.45, 2.75) is 20.3 Å². The minimum absolute atomic E-state index is 1.03. The van der Waals surface area contributed by atoms with Gasteiger partial charge in [-0.2, -0.15) is 0 Å². The van der Waals surface area contributed by atoms with Gasteiger partial charge in [-0.3, -0.25) is 0 Å². The molecule has 0 bridgehead atoms. The molecule has 2 aromatic rings. The lowest BCUT2D eigenvalue weighted by molar-refractivity contribution is 1.14. The Bertz CT molecular complexity index is 438. The quantitative estimate of drug-likeness (QED) is 0.678. The van der Waals surface area contributed by atoms with Crippen LogP contribution in [0.5, 0.6) is 0 Å². The van der Waals surface area contributed by atoms with Crippen LogP contribution in [0.15, 0.2) is 42.5 Å². The Labute approximate surface area is 91.6 Å². The van der Waals surface area contributed by atoms with Gasteiger partial charge >= 0.3 is 0 Å². The number of rotatable bonds is 2. The van der Waals surface area contributed by atoms with Gasteiger partial charge in [-0.25, -0.2) is 0 Å². The van der Waals surface area contributed by atoms with Crippen molar-refractivity contribution in [3.8, 4) is 11.1 Å². The molecular weight excluding hydrogens is 180 g/mol. The summed E-state index contributed by atoms with van der Waals surface area (Å²) in [5.41, 5.74) is 5.19. The lowest BCUT2D eigenvalue weighted by Gasteiger charge is -2.07. The molecule has 0 aliphatic heterocycles. The molecule has 0 heteroatoms. The normalized spacial score (nSPS) is 10.3. The molecule has 0 heterocycles. The summed E-state index contributed by atoms with van der Waals surface area (Å²) < 4.78 is 0.